The monoisotopic (exact) mass is 447 g/mol. The summed E-state index contributed by atoms with van der Waals surface area (Å²) in [6, 6.07) is 22.3. The number of anilines is 1. The van der Waals surface area contributed by atoms with Crippen molar-refractivity contribution < 1.29 is 28.6 Å². The minimum atomic E-state index is -0.482. The van der Waals surface area contributed by atoms with Crippen LogP contribution in [0.4, 0.5) is 5.69 Å². The number of esters is 1. The molecular formula is C26H25NO6. The standard InChI is InChI=1S/C26H25NO6/c1-31-23-10-5-9-21(17-23)27-25(29)18-33-22-14-12-20(13-15-22)26(30)32-16-6-11-24(28)19-7-3-2-4-8-19/h2-5,7-10,12-15,17H,6,11,16,18H2,1H3,(H,27,29). The predicted octanol–water partition coefficient (Wildman–Crippen LogP) is 4.53. The number of carbonyl (C=O) groups is 3. The van der Waals surface area contributed by atoms with E-state index in [-0.39, 0.29) is 24.9 Å². The van der Waals surface area contributed by atoms with Gasteiger partial charge in [0.05, 0.1) is 19.3 Å². The summed E-state index contributed by atoms with van der Waals surface area (Å²) in [5.74, 6) is 0.296. The van der Waals surface area contributed by atoms with Crippen molar-refractivity contribution in [3.63, 3.8) is 0 Å². The van der Waals surface area contributed by atoms with E-state index >= 15 is 0 Å². The van der Waals surface area contributed by atoms with Crippen LogP contribution in [0, 0.1) is 0 Å². The van der Waals surface area contributed by atoms with Gasteiger partial charge in [-0.2, -0.15) is 0 Å². The van der Waals surface area contributed by atoms with Crippen LogP contribution in [0.25, 0.3) is 0 Å². The van der Waals surface area contributed by atoms with E-state index < -0.39 is 5.97 Å². The normalized spacial score (nSPS) is 10.2. The first kappa shape index (κ1) is 23.5. The molecule has 0 aliphatic rings. The summed E-state index contributed by atoms with van der Waals surface area (Å²) in [6.07, 6.45) is 0.755. The summed E-state index contributed by atoms with van der Waals surface area (Å²) in [6.45, 7) is -0.0312. The van der Waals surface area contributed by atoms with Crippen LogP contribution < -0.4 is 14.8 Å². The topological polar surface area (TPSA) is 90.9 Å². The molecule has 0 radical (unpaired) electrons. The SMILES string of the molecule is COc1cccc(NC(=O)COc2ccc(C(=O)OCCCC(=O)c3ccccc3)cc2)c1. The highest BCUT2D eigenvalue weighted by Crippen LogP contribution is 2.17. The molecule has 0 aliphatic heterocycles. The maximum Gasteiger partial charge on any atom is 0.338 e. The van der Waals surface area contributed by atoms with Crippen LogP contribution in [-0.2, 0) is 9.53 Å². The molecule has 0 spiro atoms. The predicted molar refractivity (Wildman–Crippen MR) is 124 cm³/mol. The molecule has 170 valence electrons. The molecule has 7 nitrogen and oxygen atoms in total. The fourth-order valence-electron chi connectivity index (χ4n) is 2.98. The Bertz CT molecular complexity index is 1080. The summed E-state index contributed by atoms with van der Waals surface area (Å²) >= 11 is 0. The van der Waals surface area contributed by atoms with Crippen LogP contribution in [-0.4, -0.2) is 38.0 Å². The van der Waals surface area contributed by atoms with Gasteiger partial charge in [-0.05, 0) is 42.8 Å². The molecule has 3 aromatic rings. The first-order valence-electron chi connectivity index (χ1n) is 10.5. The molecule has 0 heterocycles. The fourth-order valence-corrected chi connectivity index (χ4v) is 2.98. The molecule has 0 unspecified atom stereocenters. The van der Waals surface area contributed by atoms with E-state index in [1.807, 2.05) is 18.2 Å². The average molecular weight is 447 g/mol. The van der Waals surface area contributed by atoms with Gasteiger partial charge in [0.1, 0.15) is 11.5 Å². The Morgan fingerprint density at radius 2 is 1.58 bits per heavy atom. The maximum atomic E-state index is 12.2. The van der Waals surface area contributed by atoms with Gasteiger partial charge in [0.15, 0.2) is 12.4 Å². The highest BCUT2D eigenvalue weighted by atomic mass is 16.5. The van der Waals surface area contributed by atoms with Crippen molar-refractivity contribution in [2.24, 2.45) is 0 Å². The van der Waals surface area contributed by atoms with Crippen molar-refractivity contribution in [1.29, 1.82) is 0 Å². The largest absolute Gasteiger partial charge is 0.497 e. The summed E-state index contributed by atoms with van der Waals surface area (Å²) in [5, 5.41) is 2.72. The molecule has 0 saturated heterocycles. The van der Waals surface area contributed by atoms with Gasteiger partial charge < -0.3 is 19.5 Å². The number of hydrogen-bond acceptors (Lipinski definition) is 6. The number of methoxy groups -OCH3 is 1. The number of carbonyl (C=O) groups excluding carboxylic acids is 3. The second-order valence-corrected chi connectivity index (χ2v) is 7.12. The van der Waals surface area contributed by atoms with Gasteiger partial charge in [-0.1, -0.05) is 36.4 Å². The lowest BCUT2D eigenvalue weighted by Gasteiger charge is -2.09. The van der Waals surface area contributed by atoms with Crippen molar-refractivity contribution >= 4 is 23.3 Å². The maximum absolute atomic E-state index is 12.2. The van der Waals surface area contributed by atoms with Crippen molar-refractivity contribution in [2.75, 3.05) is 25.6 Å². The van der Waals surface area contributed by atoms with Gasteiger partial charge in [0.25, 0.3) is 5.91 Å². The Kier molecular flexibility index (Phi) is 8.59. The second-order valence-electron chi connectivity index (χ2n) is 7.12. The number of nitrogens with one attached hydrogen (secondary N) is 1. The molecule has 0 aliphatic carbocycles. The Morgan fingerprint density at radius 3 is 2.30 bits per heavy atom. The first-order chi connectivity index (χ1) is 16.0. The minimum Gasteiger partial charge on any atom is -0.497 e. The summed E-state index contributed by atoms with van der Waals surface area (Å²) in [5.41, 5.74) is 1.61. The van der Waals surface area contributed by atoms with E-state index in [1.165, 1.54) is 0 Å². The molecule has 3 aromatic carbocycles. The van der Waals surface area contributed by atoms with Gasteiger partial charge in [-0.25, -0.2) is 4.79 Å². The number of ketones is 1. The molecule has 7 heteroatoms. The van der Waals surface area contributed by atoms with Gasteiger partial charge in [0.2, 0.25) is 0 Å². The van der Waals surface area contributed by atoms with Crippen molar-refractivity contribution in [2.45, 2.75) is 12.8 Å². The Morgan fingerprint density at radius 1 is 0.818 bits per heavy atom. The van der Waals surface area contributed by atoms with Crippen LogP contribution in [0.5, 0.6) is 11.5 Å². The lowest BCUT2D eigenvalue weighted by Crippen LogP contribution is -2.20. The zero-order valence-corrected chi connectivity index (χ0v) is 18.3. The van der Waals surface area contributed by atoms with Crippen LogP contribution in [0.1, 0.15) is 33.6 Å². The molecule has 3 rings (SSSR count). The third-order valence-electron chi connectivity index (χ3n) is 4.69. The number of benzene rings is 3. The molecule has 1 amide bonds. The van der Waals surface area contributed by atoms with E-state index in [1.54, 1.807) is 67.8 Å². The third-order valence-corrected chi connectivity index (χ3v) is 4.69. The molecule has 33 heavy (non-hydrogen) atoms. The van der Waals surface area contributed by atoms with Gasteiger partial charge in [0, 0.05) is 23.7 Å². The fraction of sp³-hybridized carbons (Fsp3) is 0.192. The van der Waals surface area contributed by atoms with Crippen molar-refractivity contribution in [1.82, 2.24) is 0 Å². The zero-order valence-electron chi connectivity index (χ0n) is 18.3. The van der Waals surface area contributed by atoms with E-state index in [0.717, 1.165) is 0 Å². The van der Waals surface area contributed by atoms with Crippen LogP contribution in [0.3, 0.4) is 0 Å². The molecule has 0 aromatic heterocycles. The zero-order chi connectivity index (χ0) is 23.5. The van der Waals surface area contributed by atoms with E-state index in [0.29, 0.717) is 41.2 Å². The Labute approximate surface area is 192 Å². The third kappa shape index (κ3) is 7.50. The smallest absolute Gasteiger partial charge is 0.338 e. The quantitative estimate of drug-likeness (QED) is 0.264. The van der Waals surface area contributed by atoms with Crippen LogP contribution in [0.2, 0.25) is 0 Å². The molecule has 0 bridgehead atoms. The number of hydrogen-bond donors (Lipinski definition) is 1. The van der Waals surface area contributed by atoms with E-state index in [4.69, 9.17) is 14.2 Å². The van der Waals surface area contributed by atoms with Crippen molar-refractivity contribution in [3.8, 4) is 11.5 Å². The van der Waals surface area contributed by atoms with Crippen LogP contribution in [0.15, 0.2) is 78.9 Å². The van der Waals surface area contributed by atoms with Gasteiger partial charge >= 0.3 is 5.97 Å². The highest BCUT2D eigenvalue weighted by Gasteiger charge is 2.10. The minimum absolute atomic E-state index is 0.0172. The van der Waals surface area contributed by atoms with Gasteiger partial charge in [-0.15, -0.1) is 0 Å². The molecular weight excluding hydrogens is 422 g/mol. The molecule has 0 atom stereocenters. The summed E-state index contributed by atoms with van der Waals surface area (Å²) in [7, 11) is 1.55. The Hall–Kier alpha value is -4.13. The summed E-state index contributed by atoms with van der Waals surface area (Å²) in [4.78, 5) is 36.3. The summed E-state index contributed by atoms with van der Waals surface area (Å²) < 4.78 is 15.8. The molecule has 0 fully saturated rings. The van der Waals surface area contributed by atoms with E-state index in [9.17, 15) is 14.4 Å². The number of amides is 1. The molecule has 0 saturated carbocycles. The second kappa shape index (κ2) is 12.0. The number of Topliss-reactive ketones (excluding diaryl/α,β-unsaturated/α-hetero) is 1. The lowest BCUT2D eigenvalue weighted by molar-refractivity contribution is -0.118. The highest BCUT2D eigenvalue weighted by molar-refractivity contribution is 5.96. The Balaban J connectivity index is 1.38. The number of rotatable bonds is 11. The average Bonchev–Trinajstić information content (AvgIpc) is 2.86. The van der Waals surface area contributed by atoms with Crippen molar-refractivity contribution in [3.05, 3.63) is 90.0 Å². The van der Waals surface area contributed by atoms with Gasteiger partial charge in [-0.3, -0.25) is 9.59 Å². The lowest BCUT2D eigenvalue weighted by atomic mass is 10.1. The number of ether oxygens (including phenoxy) is 3. The van der Waals surface area contributed by atoms with E-state index in [2.05, 4.69) is 5.32 Å². The van der Waals surface area contributed by atoms with Crippen LogP contribution >= 0.6 is 0 Å². The molecule has 1 N–H and O–H groups in total. The first-order valence-corrected chi connectivity index (χ1v) is 10.5.